The summed E-state index contributed by atoms with van der Waals surface area (Å²) < 4.78 is 0.676. The van der Waals surface area contributed by atoms with Gasteiger partial charge in [-0.15, -0.1) is 0 Å². The summed E-state index contributed by atoms with van der Waals surface area (Å²) in [6.07, 6.45) is 0.219. The monoisotopic (exact) mass is 332 g/mol. The Labute approximate surface area is 125 Å². The van der Waals surface area contributed by atoms with E-state index < -0.39 is 0 Å². The first kappa shape index (κ1) is 14.3. The highest BCUT2D eigenvalue weighted by molar-refractivity contribution is 9.10. The van der Waals surface area contributed by atoms with Crippen molar-refractivity contribution < 1.29 is 9.59 Å². The summed E-state index contributed by atoms with van der Waals surface area (Å²) >= 11 is 3.28. The van der Waals surface area contributed by atoms with E-state index in [0.717, 1.165) is 5.56 Å². The number of benzene rings is 2. The molecule has 2 amide bonds. The molecule has 0 saturated heterocycles. The van der Waals surface area contributed by atoms with Crippen LogP contribution in [0.3, 0.4) is 0 Å². The summed E-state index contributed by atoms with van der Waals surface area (Å²) in [6, 6.07) is 16.3. The van der Waals surface area contributed by atoms with E-state index in [-0.39, 0.29) is 18.2 Å². The van der Waals surface area contributed by atoms with Crippen molar-refractivity contribution in [1.29, 1.82) is 0 Å². The second-order valence-corrected chi connectivity index (χ2v) is 5.00. The zero-order valence-corrected chi connectivity index (χ0v) is 12.2. The summed E-state index contributed by atoms with van der Waals surface area (Å²) in [5.41, 5.74) is 6.14. The molecule has 0 radical (unpaired) electrons. The minimum absolute atomic E-state index is 0.219. The van der Waals surface area contributed by atoms with Gasteiger partial charge in [0.05, 0.1) is 12.0 Å². The third-order valence-electron chi connectivity index (χ3n) is 2.64. The summed E-state index contributed by atoms with van der Waals surface area (Å²) in [7, 11) is 0. The molecule has 0 fully saturated rings. The van der Waals surface area contributed by atoms with Crippen molar-refractivity contribution in [3.63, 3.8) is 0 Å². The molecule has 0 aliphatic rings. The van der Waals surface area contributed by atoms with Crippen LogP contribution in [0, 0.1) is 0 Å². The third-order valence-corrected chi connectivity index (χ3v) is 3.33. The lowest BCUT2D eigenvalue weighted by molar-refractivity contribution is -0.121. The lowest BCUT2D eigenvalue weighted by Crippen LogP contribution is -2.42. The summed E-state index contributed by atoms with van der Waals surface area (Å²) in [4.78, 5) is 23.6. The van der Waals surface area contributed by atoms with E-state index in [2.05, 4.69) is 26.8 Å². The molecule has 2 N–H and O–H groups in total. The molecule has 0 aliphatic carbocycles. The number of hydrazine groups is 1. The lowest BCUT2D eigenvalue weighted by Gasteiger charge is -2.08. The highest BCUT2D eigenvalue weighted by Gasteiger charge is 2.10. The van der Waals surface area contributed by atoms with Gasteiger partial charge in [-0.2, -0.15) is 0 Å². The van der Waals surface area contributed by atoms with Crippen molar-refractivity contribution in [2.45, 2.75) is 6.42 Å². The molecule has 102 valence electrons. The maximum atomic E-state index is 11.9. The largest absolute Gasteiger partial charge is 0.273 e. The zero-order chi connectivity index (χ0) is 14.4. The molecule has 0 spiro atoms. The molecule has 20 heavy (non-hydrogen) atoms. The van der Waals surface area contributed by atoms with E-state index >= 15 is 0 Å². The predicted octanol–water partition coefficient (Wildman–Crippen LogP) is 2.45. The number of hydrogen-bond donors (Lipinski definition) is 2. The average molecular weight is 333 g/mol. The second-order valence-electron chi connectivity index (χ2n) is 4.14. The molecule has 0 bridgehead atoms. The number of nitrogens with one attached hydrogen (secondary N) is 2. The van der Waals surface area contributed by atoms with Crippen LogP contribution >= 0.6 is 15.9 Å². The number of hydrogen-bond acceptors (Lipinski definition) is 2. The van der Waals surface area contributed by atoms with E-state index in [4.69, 9.17) is 0 Å². The van der Waals surface area contributed by atoms with Gasteiger partial charge >= 0.3 is 0 Å². The molecule has 0 unspecified atom stereocenters. The Hall–Kier alpha value is -2.14. The van der Waals surface area contributed by atoms with Gasteiger partial charge in [-0.3, -0.25) is 20.4 Å². The smallest absolute Gasteiger partial charge is 0.270 e. The van der Waals surface area contributed by atoms with Crippen LogP contribution in [0.4, 0.5) is 0 Å². The third kappa shape index (κ3) is 3.93. The molecule has 0 aromatic heterocycles. The van der Waals surface area contributed by atoms with Gasteiger partial charge in [0.1, 0.15) is 0 Å². The molecular weight excluding hydrogens is 320 g/mol. The van der Waals surface area contributed by atoms with Gasteiger partial charge in [0.2, 0.25) is 5.91 Å². The molecule has 0 atom stereocenters. The van der Waals surface area contributed by atoms with Gasteiger partial charge < -0.3 is 0 Å². The summed E-state index contributed by atoms with van der Waals surface area (Å²) in [5, 5.41) is 0. The Balaban J connectivity index is 1.88. The maximum absolute atomic E-state index is 11.9. The fourth-order valence-corrected chi connectivity index (χ4v) is 2.13. The van der Waals surface area contributed by atoms with E-state index in [9.17, 15) is 9.59 Å². The van der Waals surface area contributed by atoms with Crippen LogP contribution in [0.2, 0.25) is 0 Å². The average Bonchev–Trinajstić information content (AvgIpc) is 2.46. The van der Waals surface area contributed by atoms with Crippen molar-refractivity contribution >= 4 is 27.7 Å². The normalized spacial score (nSPS) is 9.85. The van der Waals surface area contributed by atoms with Gasteiger partial charge in [0, 0.05) is 4.47 Å². The molecule has 0 saturated carbocycles. The van der Waals surface area contributed by atoms with Crippen molar-refractivity contribution in [2.75, 3.05) is 0 Å². The Morgan fingerprint density at radius 3 is 2.25 bits per heavy atom. The van der Waals surface area contributed by atoms with E-state index in [1.165, 1.54) is 0 Å². The van der Waals surface area contributed by atoms with Crippen LogP contribution in [0.25, 0.3) is 0 Å². The molecule has 2 aromatic carbocycles. The van der Waals surface area contributed by atoms with Crippen LogP contribution in [-0.4, -0.2) is 11.8 Å². The molecule has 4 nitrogen and oxygen atoms in total. The zero-order valence-electron chi connectivity index (χ0n) is 10.6. The highest BCUT2D eigenvalue weighted by Crippen LogP contribution is 2.15. The Morgan fingerprint density at radius 2 is 1.55 bits per heavy atom. The Morgan fingerprint density at radius 1 is 0.900 bits per heavy atom. The number of carbonyl (C=O) groups excluding carboxylic acids is 2. The minimum atomic E-state index is -0.362. The fraction of sp³-hybridized carbons (Fsp3) is 0.0667. The van der Waals surface area contributed by atoms with Gasteiger partial charge in [-0.25, -0.2) is 0 Å². The van der Waals surface area contributed by atoms with E-state index in [1.807, 2.05) is 36.4 Å². The molecule has 2 aromatic rings. The summed E-state index contributed by atoms with van der Waals surface area (Å²) in [6.45, 7) is 0. The molecule has 0 aliphatic heterocycles. The maximum Gasteiger partial charge on any atom is 0.270 e. The molecule has 5 heteroatoms. The van der Waals surface area contributed by atoms with Crippen LogP contribution < -0.4 is 10.9 Å². The molecule has 0 heterocycles. The SMILES string of the molecule is O=C(Cc1ccccc1)NNC(=O)c1ccccc1Br. The first-order chi connectivity index (χ1) is 9.66. The first-order valence-corrected chi connectivity index (χ1v) is 6.84. The minimum Gasteiger partial charge on any atom is -0.273 e. The van der Waals surface area contributed by atoms with Crippen molar-refractivity contribution in [1.82, 2.24) is 10.9 Å². The van der Waals surface area contributed by atoms with Gasteiger partial charge in [0.15, 0.2) is 0 Å². The number of rotatable bonds is 3. The van der Waals surface area contributed by atoms with Crippen molar-refractivity contribution in [3.8, 4) is 0 Å². The predicted molar refractivity (Wildman–Crippen MR) is 79.9 cm³/mol. The van der Waals surface area contributed by atoms with E-state index in [1.54, 1.807) is 18.2 Å². The lowest BCUT2D eigenvalue weighted by atomic mass is 10.1. The van der Waals surface area contributed by atoms with Gasteiger partial charge in [-0.1, -0.05) is 42.5 Å². The second kappa shape index (κ2) is 6.86. The molecule has 2 rings (SSSR count). The number of carbonyl (C=O) groups is 2. The van der Waals surface area contributed by atoms with E-state index in [0.29, 0.717) is 10.0 Å². The van der Waals surface area contributed by atoms with Crippen LogP contribution in [-0.2, 0) is 11.2 Å². The number of halogens is 1. The van der Waals surface area contributed by atoms with Gasteiger partial charge in [-0.05, 0) is 33.6 Å². The Kier molecular flexibility index (Phi) is 4.90. The Bertz CT molecular complexity index is 614. The van der Waals surface area contributed by atoms with Gasteiger partial charge in [0.25, 0.3) is 5.91 Å². The van der Waals surface area contributed by atoms with Crippen LogP contribution in [0.5, 0.6) is 0 Å². The van der Waals surface area contributed by atoms with Crippen molar-refractivity contribution in [3.05, 3.63) is 70.2 Å². The van der Waals surface area contributed by atoms with Crippen molar-refractivity contribution in [2.24, 2.45) is 0 Å². The van der Waals surface area contributed by atoms with Crippen LogP contribution in [0.1, 0.15) is 15.9 Å². The summed E-state index contributed by atoms with van der Waals surface area (Å²) in [5.74, 6) is -0.629. The number of amides is 2. The standard InChI is InChI=1S/C15H13BrN2O2/c16-13-9-5-4-8-12(13)15(20)18-17-14(19)10-11-6-2-1-3-7-11/h1-9H,10H2,(H,17,19)(H,18,20). The quantitative estimate of drug-likeness (QED) is 0.848. The first-order valence-electron chi connectivity index (χ1n) is 6.04. The fourth-order valence-electron chi connectivity index (χ4n) is 1.66. The topological polar surface area (TPSA) is 58.2 Å². The molecular formula is C15H13BrN2O2. The highest BCUT2D eigenvalue weighted by atomic mass is 79.9. The van der Waals surface area contributed by atoms with Crippen LogP contribution in [0.15, 0.2) is 59.1 Å².